The molecule has 0 amide bonds. The van der Waals surface area contributed by atoms with Crippen LogP contribution in [0.2, 0.25) is 0 Å². The van der Waals surface area contributed by atoms with E-state index in [2.05, 4.69) is 20.6 Å². The molecule has 3 heterocycles. The quantitative estimate of drug-likeness (QED) is 0.265. The number of hydrazine groups is 1. The van der Waals surface area contributed by atoms with Crippen LogP contribution in [-0.4, -0.2) is 32.1 Å². The number of rotatable bonds is 3. The summed E-state index contributed by atoms with van der Waals surface area (Å²) in [5.41, 5.74) is 4.14. The van der Waals surface area contributed by atoms with Gasteiger partial charge in [-0.1, -0.05) is 30.3 Å². The minimum atomic E-state index is -0.384. The summed E-state index contributed by atoms with van der Waals surface area (Å²) in [5, 5.41) is 9.17. The van der Waals surface area contributed by atoms with Gasteiger partial charge in [0.2, 0.25) is 5.95 Å². The van der Waals surface area contributed by atoms with Gasteiger partial charge in [0.25, 0.3) is 17.1 Å². The number of hydrazone groups is 1. The molecule has 5 rings (SSSR count). The average molecular weight is 418 g/mol. The second-order valence-corrected chi connectivity index (χ2v) is 6.61. The van der Waals surface area contributed by atoms with E-state index in [4.69, 9.17) is 16.4 Å². The van der Waals surface area contributed by atoms with E-state index in [1.165, 1.54) is 9.47 Å². The highest BCUT2D eigenvalue weighted by Crippen LogP contribution is 2.13. The number of nitrogens with two attached hydrogens (primary N) is 2. The molecule has 2 aromatic carbocycles. The number of guanidine groups is 1. The Hall–Kier alpha value is -4.58. The van der Waals surface area contributed by atoms with Crippen molar-refractivity contribution in [3.8, 4) is 17.4 Å². The fraction of sp³-hybridized carbons (Fsp3) is 0.0526. The molecule has 0 unspecified atom stereocenters. The van der Waals surface area contributed by atoms with E-state index in [0.717, 1.165) is 22.1 Å². The van der Waals surface area contributed by atoms with Crippen LogP contribution in [0.25, 0.3) is 17.7 Å². The lowest BCUT2D eigenvalue weighted by Crippen LogP contribution is -2.62. The van der Waals surface area contributed by atoms with Crippen LogP contribution in [-0.2, 0) is 0 Å². The van der Waals surface area contributed by atoms with Crippen LogP contribution in [0, 0.1) is 0 Å². The SMILES string of the molecule is COc1ccc(/C=c2/nc3n(-c4ccccc4)c4n(n-3c2=O)N(N)/C(=N/N)NN=4)cc1. The van der Waals surface area contributed by atoms with E-state index in [1.54, 1.807) is 17.8 Å². The van der Waals surface area contributed by atoms with Crippen LogP contribution in [0.4, 0.5) is 0 Å². The molecule has 0 atom stereocenters. The summed E-state index contributed by atoms with van der Waals surface area (Å²) in [5.74, 6) is 12.6. The molecule has 5 N–H and O–H groups in total. The zero-order chi connectivity index (χ0) is 21.5. The highest BCUT2D eigenvalue weighted by molar-refractivity contribution is 5.88. The van der Waals surface area contributed by atoms with Gasteiger partial charge in [-0.05, 0) is 35.9 Å². The van der Waals surface area contributed by atoms with Crippen LogP contribution in [0.3, 0.4) is 0 Å². The van der Waals surface area contributed by atoms with Gasteiger partial charge in [0.1, 0.15) is 11.1 Å². The van der Waals surface area contributed by atoms with Crippen molar-refractivity contribution in [2.75, 3.05) is 12.2 Å². The Morgan fingerprint density at radius 3 is 2.55 bits per heavy atom. The summed E-state index contributed by atoms with van der Waals surface area (Å²) in [6.07, 6.45) is 1.69. The molecule has 0 radical (unpaired) electrons. The number of hydrogen-bond acceptors (Lipinski definition) is 7. The van der Waals surface area contributed by atoms with E-state index in [1.807, 2.05) is 54.6 Å². The van der Waals surface area contributed by atoms with Crippen molar-refractivity contribution < 1.29 is 4.74 Å². The Labute approximate surface area is 174 Å². The predicted octanol–water partition coefficient (Wildman–Crippen LogP) is -1.72. The van der Waals surface area contributed by atoms with Gasteiger partial charge in [-0.2, -0.15) is 9.80 Å². The molecular weight excluding hydrogens is 400 g/mol. The highest BCUT2D eigenvalue weighted by atomic mass is 16.5. The summed E-state index contributed by atoms with van der Waals surface area (Å²) in [7, 11) is 1.59. The minimum absolute atomic E-state index is 0.0541. The molecule has 31 heavy (non-hydrogen) atoms. The lowest BCUT2D eigenvalue weighted by atomic mass is 10.2. The Kier molecular flexibility index (Phi) is 4.19. The van der Waals surface area contributed by atoms with Crippen molar-refractivity contribution in [1.29, 1.82) is 0 Å². The first-order valence-electron chi connectivity index (χ1n) is 9.23. The zero-order valence-electron chi connectivity index (χ0n) is 16.4. The van der Waals surface area contributed by atoms with Gasteiger partial charge in [0.05, 0.1) is 12.8 Å². The molecule has 0 aromatic heterocycles. The van der Waals surface area contributed by atoms with Crippen molar-refractivity contribution in [1.82, 2.24) is 24.4 Å². The maximum Gasteiger partial charge on any atom is 0.300 e. The zero-order valence-corrected chi connectivity index (χ0v) is 16.4. The number of nitrogens with zero attached hydrogens (tertiary/aromatic N) is 7. The summed E-state index contributed by atoms with van der Waals surface area (Å²) in [4.78, 5) is 19.2. The molecule has 12 heteroatoms. The number of ether oxygens (including phenoxy) is 1. The predicted molar refractivity (Wildman–Crippen MR) is 113 cm³/mol. The third kappa shape index (κ3) is 2.81. The number of methoxy groups -OCH3 is 1. The number of fused-ring (bicyclic) bond motifs is 3. The third-order valence-electron chi connectivity index (χ3n) is 4.82. The van der Waals surface area contributed by atoms with Gasteiger partial charge in [-0.3, -0.25) is 4.79 Å². The molecular formula is C19H18N10O2. The highest BCUT2D eigenvalue weighted by Gasteiger charge is 2.30. The molecule has 0 saturated carbocycles. The van der Waals surface area contributed by atoms with Crippen molar-refractivity contribution in [2.45, 2.75) is 0 Å². The molecule has 0 aliphatic carbocycles. The number of aromatic nitrogens is 4. The van der Waals surface area contributed by atoms with Crippen molar-refractivity contribution in [3.63, 3.8) is 0 Å². The van der Waals surface area contributed by atoms with Gasteiger partial charge >= 0.3 is 0 Å². The fourth-order valence-electron chi connectivity index (χ4n) is 3.36. The van der Waals surface area contributed by atoms with Gasteiger partial charge in [-0.25, -0.2) is 20.8 Å². The molecule has 0 fully saturated rings. The van der Waals surface area contributed by atoms with E-state index in [-0.39, 0.29) is 16.9 Å². The Morgan fingerprint density at radius 2 is 1.87 bits per heavy atom. The van der Waals surface area contributed by atoms with Crippen LogP contribution in [0.5, 0.6) is 5.75 Å². The minimum Gasteiger partial charge on any atom is -0.497 e. The molecule has 2 aromatic rings. The van der Waals surface area contributed by atoms with Gasteiger partial charge in [0.15, 0.2) is 0 Å². The lowest BCUT2D eigenvalue weighted by molar-refractivity contribution is 0.415. The molecule has 12 nitrogen and oxygen atoms in total. The fourth-order valence-corrected chi connectivity index (χ4v) is 3.36. The van der Waals surface area contributed by atoms with E-state index >= 15 is 0 Å². The molecule has 0 bridgehead atoms. The first kappa shape index (κ1) is 18.4. The number of nitrogens with one attached hydrogen (secondary N) is 1. The Balaban J connectivity index is 1.81. The topological polar surface area (TPSA) is 146 Å². The summed E-state index contributed by atoms with van der Waals surface area (Å²) in [6, 6.07) is 16.7. The van der Waals surface area contributed by atoms with E-state index in [9.17, 15) is 4.79 Å². The molecule has 156 valence electrons. The van der Waals surface area contributed by atoms with Crippen molar-refractivity contribution in [2.24, 2.45) is 21.9 Å². The smallest absolute Gasteiger partial charge is 0.300 e. The summed E-state index contributed by atoms with van der Waals surface area (Å²) < 4.78 is 8.19. The lowest BCUT2D eigenvalue weighted by Gasteiger charge is -2.23. The standard InChI is InChI=1S/C19H18N10O2/c1-31-14-9-7-12(8-10-14)11-15-16(30)27-18(22-15)26(13-5-3-2-4-6-13)19-25-24-17(23-20)28(21)29(19)27/h2-11H,20-21H2,1H3,(H,23,24)/b15-11+. The first-order valence-corrected chi connectivity index (χ1v) is 9.23. The monoisotopic (exact) mass is 418 g/mol. The van der Waals surface area contributed by atoms with Crippen molar-refractivity contribution >= 4 is 12.0 Å². The summed E-state index contributed by atoms with van der Waals surface area (Å²) in [6.45, 7) is 0. The van der Waals surface area contributed by atoms with Crippen LogP contribution >= 0.6 is 0 Å². The van der Waals surface area contributed by atoms with E-state index < -0.39 is 0 Å². The Bertz CT molecular complexity index is 1430. The first-order chi connectivity index (χ1) is 15.1. The van der Waals surface area contributed by atoms with Gasteiger partial charge in [0, 0.05) is 0 Å². The maximum atomic E-state index is 13.3. The number of benzene rings is 2. The van der Waals surface area contributed by atoms with Gasteiger partial charge < -0.3 is 10.6 Å². The van der Waals surface area contributed by atoms with Crippen molar-refractivity contribution in [3.05, 3.63) is 81.5 Å². The third-order valence-corrected chi connectivity index (χ3v) is 4.82. The average Bonchev–Trinajstić information content (AvgIpc) is 3.29. The summed E-state index contributed by atoms with van der Waals surface area (Å²) >= 11 is 0. The second-order valence-electron chi connectivity index (χ2n) is 6.61. The molecule has 0 saturated heterocycles. The largest absolute Gasteiger partial charge is 0.497 e. The molecule has 3 aliphatic heterocycles. The number of hydrogen-bond donors (Lipinski definition) is 3. The number of imidazole rings is 1. The van der Waals surface area contributed by atoms with Crippen LogP contribution in [0.1, 0.15) is 5.56 Å². The molecule has 0 spiro atoms. The maximum absolute atomic E-state index is 13.3. The van der Waals surface area contributed by atoms with Crippen LogP contribution < -0.4 is 43.5 Å². The normalized spacial score (nSPS) is 15.1. The second kappa shape index (κ2) is 7.03. The van der Waals surface area contributed by atoms with E-state index in [0.29, 0.717) is 11.6 Å². The molecule has 3 aliphatic rings. The number of para-hydroxylation sites is 1. The van der Waals surface area contributed by atoms with Crippen LogP contribution in [0.15, 0.2) is 69.6 Å². The van der Waals surface area contributed by atoms with Gasteiger partial charge in [-0.15, -0.1) is 15.0 Å². The Morgan fingerprint density at radius 1 is 1.13 bits per heavy atom.